The molecule has 0 unspecified atom stereocenters. The Hall–Kier alpha value is -3.99. The first-order valence-electron chi connectivity index (χ1n) is 11.9. The van der Waals surface area contributed by atoms with Crippen LogP contribution in [0.4, 0.5) is 5.95 Å². The van der Waals surface area contributed by atoms with Gasteiger partial charge in [-0.2, -0.15) is 0 Å². The van der Waals surface area contributed by atoms with Gasteiger partial charge in [0.25, 0.3) is 5.91 Å². The molecule has 0 saturated heterocycles. The van der Waals surface area contributed by atoms with Gasteiger partial charge in [-0.1, -0.05) is 26.0 Å². The summed E-state index contributed by atoms with van der Waals surface area (Å²) in [5, 5.41) is 18.7. The van der Waals surface area contributed by atoms with Crippen molar-refractivity contribution in [3.8, 4) is 5.75 Å². The van der Waals surface area contributed by atoms with Gasteiger partial charge >= 0.3 is 11.9 Å². The summed E-state index contributed by atoms with van der Waals surface area (Å²) < 4.78 is 6.05. The maximum Gasteiger partial charge on any atom is 0.328 e. The van der Waals surface area contributed by atoms with E-state index in [1.54, 1.807) is 0 Å². The van der Waals surface area contributed by atoms with Crippen LogP contribution in [0.15, 0.2) is 42.6 Å². The number of primary amides is 1. The molecule has 1 aromatic heterocycles. The molecule has 1 aromatic carbocycles. The first-order valence-corrected chi connectivity index (χ1v) is 11.9. The number of benzene rings is 1. The zero-order chi connectivity index (χ0) is 27.8. The summed E-state index contributed by atoms with van der Waals surface area (Å²) in [4.78, 5) is 40.7. The van der Waals surface area contributed by atoms with E-state index in [1.165, 1.54) is 23.4 Å². The van der Waals surface area contributed by atoms with E-state index in [0.29, 0.717) is 30.6 Å². The third kappa shape index (κ3) is 13.6. The van der Waals surface area contributed by atoms with Crippen LogP contribution in [-0.2, 0) is 9.59 Å². The van der Waals surface area contributed by atoms with E-state index in [1.807, 2.05) is 0 Å². The van der Waals surface area contributed by atoms with Crippen LogP contribution in [0.2, 0.25) is 0 Å². The summed E-state index contributed by atoms with van der Waals surface area (Å²) in [6.07, 6.45) is 4.56. The third-order valence-corrected chi connectivity index (χ3v) is 5.01. The number of carboxylic acids is 2. The Balaban J connectivity index is 0.000000738. The van der Waals surface area contributed by atoms with E-state index in [0.717, 1.165) is 38.2 Å². The van der Waals surface area contributed by atoms with Crippen molar-refractivity contribution >= 4 is 23.8 Å². The Morgan fingerprint density at radius 1 is 1.11 bits per heavy atom. The van der Waals surface area contributed by atoms with Crippen molar-refractivity contribution < 1.29 is 29.3 Å². The van der Waals surface area contributed by atoms with E-state index >= 15 is 0 Å². The molecule has 0 radical (unpaired) electrons. The van der Waals surface area contributed by atoms with Crippen LogP contribution < -0.4 is 15.8 Å². The van der Waals surface area contributed by atoms with Gasteiger partial charge in [0.1, 0.15) is 11.4 Å². The van der Waals surface area contributed by atoms with Gasteiger partial charge in [0.05, 0.1) is 6.61 Å². The largest absolute Gasteiger partial charge is 0.493 e. The third-order valence-electron chi connectivity index (χ3n) is 5.01. The lowest BCUT2D eigenvalue weighted by Crippen LogP contribution is -2.24. The predicted molar refractivity (Wildman–Crippen MR) is 141 cm³/mol. The van der Waals surface area contributed by atoms with Gasteiger partial charge < -0.3 is 30.9 Å². The number of carbonyl (C=O) groups is 3. The predicted octanol–water partition coefficient (Wildman–Crippen LogP) is 2.92. The molecule has 202 valence electrons. The van der Waals surface area contributed by atoms with Crippen molar-refractivity contribution in [2.75, 3.05) is 38.6 Å². The number of hydrogen-bond acceptors (Lipinski definition) is 8. The number of amides is 1. The second kappa shape index (κ2) is 16.6. The number of anilines is 1. The van der Waals surface area contributed by atoms with Crippen molar-refractivity contribution in [1.29, 1.82) is 0 Å². The normalized spacial score (nSPS) is 10.8. The SMILES string of the molecule is Cc1ccc(C(C)C)c(OCCCN(C)CCCNc2nccc(C(N)=O)n2)c1.O=C(O)C=CC(=O)O. The molecule has 11 heteroatoms. The van der Waals surface area contributed by atoms with Crippen molar-refractivity contribution in [3.05, 3.63) is 59.4 Å². The van der Waals surface area contributed by atoms with Gasteiger partial charge in [0.15, 0.2) is 0 Å². The number of aromatic nitrogens is 2. The number of ether oxygens (including phenoxy) is 1. The molecule has 0 aliphatic rings. The lowest BCUT2D eigenvalue weighted by Gasteiger charge is -2.18. The molecule has 2 aromatic rings. The smallest absolute Gasteiger partial charge is 0.328 e. The fourth-order valence-corrected chi connectivity index (χ4v) is 3.14. The van der Waals surface area contributed by atoms with Crippen LogP contribution in [0.5, 0.6) is 5.75 Å². The zero-order valence-electron chi connectivity index (χ0n) is 21.8. The number of nitrogens with one attached hydrogen (secondary N) is 1. The molecular formula is C26H37N5O6. The van der Waals surface area contributed by atoms with Crippen molar-refractivity contribution in [3.63, 3.8) is 0 Å². The molecule has 0 fully saturated rings. The first kappa shape index (κ1) is 31.0. The lowest BCUT2D eigenvalue weighted by atomic mass is 10.0. The summed E-state index contributed by atoms with van der Waals surface area (Å²) in [6, 6.07) is 7.93. The molecule has 0 aliphatic carbocycles. The number of carboxylic acid groups (broad SMARTS) is 2. The maximum atomic E-state index is 11.1. The summed E-state index contributed by atoms with van der Waals surface area (Å²) in [5.74, 6) is -1.18. The number of nitrogens with two attached hydrogens (primary N) is 1. The van der Waals surface area contributed by atoms with Crippen LogP contribution in [0.3, 0.4) is 0 Å². The second-order valence-electron chi connectivity index (χ2n) is 8.62. The summed E-state index contributed by atoms with van der Waals surface area (Å²) in [7, 11) is 2.11. The minimum absolute atomic E-state index is 0.217. The standard InChI is InChI=1S/C22H33N5O2.C4H4O4/c1-16(2)18-8-7-17(3)15-20(18)29-14-6-13-27(4)12-5-10-24-22-25-11-9-19(26-22)21(23)28;5-3(6)1-2-4(7)8/h7-9,11,15-16H,5-6,10,12-14H2,1-4H3,(H2,23,28)(H,24,25,26);1-2H,(H,5,6)(H,7,8). The average molecular weight is 516 g/mol. The zero-order valence-corrected chi connectivity index (χ0v) is 21.8. The van der Waals surface area contributed by atoms with Gasteiger partial charge in [0, 0.05) is 31.4 Å². The van der Waals surface area contributed by atoms with Gasteiger partial charge in [-0.15, -0.1) is 0 Å². The van der Waals surface area contributed by atoms with E-state index in [4.69, 9.17) is 20.7 Å². The van der Waals surface area contributed by atoms with Crippen LogP contribution in [-0.4, -0.2) is 76.2 Å². The maximum absolute atomic E-state index is 11.1. The number of nitrogens with zero attached hydrogens (tertiary/aromatic N) is 3. The summed E-state index contributed by atoms with van der Waals surface area (Å²) in [5.41, 5.74) is 7.93. The summed E-state index contributed by atoms with van der Waals surface area (Å²) in [6.45, 7) is 9.82. The number of aryl methyl sites for hydroxylation is 1. The molecule has 1 amide bonds. The highest BCUT2D eigenvalue weighted by Gasteiger charge is 2.08. The molecule has 37 heavy (non-hydrogen) atoms. The molecule has 0 aliphatic heterocycles. The van der Waals surface area contributed by atoms with Crippen LogP contribution in [0.1, 0.15) is 54.2 Å². The fraction of sp³-hybridized carbons (Fsp3) is 0.423. The lowest BCUT2D eigenvalue weighted by molar-refractivity contribution is -0.134. The van der Waals surface area contributed by atoms with Crippen LogP contribution in [0, 0.1) is 6.92 Å². The minimum atomic E-state index is -1.26. The quantitative estimate of drug-likeness (QED) is 0.217. The van der Waals surface area contributed by atoms with Crippen LogP contribution >= 0.6 is 0 Å². The van der Waals surface area contributed by atoms with E-state index in [2.05, 4.69) is 66.2 Å². The molecular weight excluding hydrogens is 478 g/mol. The van der Waals surface area contributed by atoms with E-state index in [9.17, 15) is 14.4 Å². The van der Waals surface area contributed by atoms with Crippen molar-refractivity contribution in [2.45, 2.75) is 39.5 Å². The Morgan fingerprint density at radius 3 is 2.35 bits per heavy atom. The average Bonchev–Trinajstić information content (AvgIpc) is 2.83. The Labute approximate surface area is 217 Å². The summed E-state index contributed by atoms with van der Waals surface area (Å²) >= 11 is 0. The van der Waals surface area contributed by atoms with Gasteiger partial charge in [-0.05, 0) is 62.5 Å². The van der Waals surface area contributed by atoms with Crippen molar-refractivity contribution in [2.24, 2.45) is 5.73 Å². The van der Waals surface area contributed by atoms with Gasteiger partial charge in [-0.25, -0.2) is 19.6 Å². The Morgan fingerprint density at radius 2 is 1.76 bits per heavy atom. The molecule has 11 nitrogen and oxygen atoms in total. The number of aliphatic carboxylic acids is 2. The molecule has 0 spiro atoms. The van der Waals surface area contributed by atoms with Gasteiger partial charge in [-0.3, -0.25) is 4.79 Å². The Bertz CT molecular complexity index is 1040. The van der Waals surface area contributed by atoms with Gasteiger partial charge in [0.2, 0.25) is 5.95 Å². The van der Waals surface area contributed by atoms with Crippen LogP contribution in [0.25, 0.3) is 0 Å². The highest BCUT2D eigenvalue weighted by molar-refractivity contribution is 5.91. The first-order chi connectivity index (χ1) is 17.5. The topological polar surface area (TPSA) is 168 Å². The fourth-order valence-electron chi connectivity index (χ4n) is 3.14. The second-order valence-corrected chi connectivity index (χ2v) is 8.62. The molecule has 0 bridgehead atoms. The van der Waals surface area contributed by atoms with Crippen molar-refractivity contribution in [1.82, 2.24) is 14.9 Å². The minimum Gasteiger partial charge on any atom is -0.493 e. The number of rotatable bonds is 14. The monoisotopic (exact) mass is 515 g/mol. The molecule has 0 atom stereocenters. The highest BCUT2D eigenvalue weighted by atomic mass is 16.5. The molecule has 1 heterocycles. The van der Waals surface area contributed by atoms with E-state index in [-0.39, 0.29) is 5.69 Å². The molecule has 5 N–H and O–H groups in total. The highest BCUT2D eigenvalue weighted by Crippen LogP contribution is 2.27. The number of hydrogen-bond donors (Lipinski definition) is 4. The number of carbonyl (C=O) groups excluding carboxylic acids is 1. The van der Waals surface area contributed by atoms with E-state index < -0.39 is 17.8 Å². The Kier molecular flexibility index (Phi) is 14.0. The molecule has 0 saturated carbocycles. The molecule has 2 rings (SSSR count).